The third-order valence-electron chi connectivity index (χ3n) is 2.87. The Morgan fingerprint density at radius 2 is 1.53 bits per heavy atom. The van der Waals surface area contributed by atoms with Gasteiger partial charge < -0.3 is 5.11 Å². The molecule has 1 radical (unpaired) electrons. The van der Waals surface area contributed by atoms with Crippen LogP contribution in [0.1, 0.15) is 41.5 Å². The minimum atomic E-state index is -0.421. The Morgan fingerprint density at radius 3 is 1.93 bits per heavy atom. The summed E-state index contributed by atoms with van der Waals surface area (Å²) in [5.41, 5.74) is 1.16. The molecule has 0 saturated carbocycles. The van der Waals surface area contributed by atoms with E-state index >= 15 is 0 Å². The van der Waals surface area contributed by atoms with E-state index in [-0.39, 0.29) is 10.8 Å². The van der Waals surface area contributed by atoms with Crippen molar-refractivity contribution < 1.29 is 5.11 Å². The van der Waals surface area contributed by atoms with E-state index in [1.807, 2.05) is 18.2 Å². The molecule has 1 unspecified atom stereocenters. The minimum Gasteiger partial charge on any atom is -0.388 e. The normalized spacial score (nSPS) is 24.2. The van der Waals surface area contributed by atoms with Crippen molar-refractivity contribution in [3.63, 3.8) is 0 Å². The lowest BCUT2D eigenvalue weighted by atomic mass is 9.68. The molecule has 0 aromatic rings. The van der Waals surface area contributed by atoms with Crippen LogP contribution in [0, 0.1) is 16.7 Å². The number of aliphatic hydroxyl groups excluding tert-OH is 1. The van der Waals surface area contributed by atoms with E-state index in [4.69, 9.17) is 0 Å². The highest BCUT2D eigenvalue weighted by Crippen LogP contribution is 2.41. The minimum absolute atomic E-state index is 0.0284. The van der Waals surface area contributed by atoms with Crippen molar-refractivity contribution in [3.05, 3.63) is 29.7 Å². The Hall–Kier alpha value is -0.560. The molecule has 1 aliphatic carbocycles. The summed E-state index contributed by atoms with van der Waals surface area (Å²) in [4.78, 5) is 0. The van der Waals surface area contributed by atoms with Crippen molar-refractivity contribution in [2.75, 3.05) is 0 Å². The van der Waals surface area contributed by atoms with Gasteiger partial charge in [0.05, 0.1) is 6.10 Å². The summed E-state index contributed by atoms with van der Waals surface area (Å²) in [6.45, 7) is 12.8. The molecule has 0 bridgehead atoms. The Morgan fingerprint density at radius 1 is 1.00 bits per heavy atom. The maximum absolute atomic E-state index is 10.3. The van der Waals surface area contributed by atoms with Gasteiger partial charge in [-0.25, -0.2) is 0 Å². The van der Waals surface area contributed by atoms with Gasteiger partial charge >= 0.3 is 0 Å². The van der Waals surface area contributed by atoms with Crippen LogP contribution < -0.4 is 0 Å². The van der Waals surface area contributed by atoms with E-state index in [2.05, 4.69) is 41.5 Å². The van der Waals surface area contributed by atoms with Gasteiger partial charge in [0.25, 0.3) is 0 Å². The van der Waals surface area contributed by atoms with E-state index in [0.717, 1.165) is 11.5 Å². The SMILES string of the molecule is CC(C)(C)[C]1C=CC=C(C(C)(C)C)C1O. The number of hydrogen-bond donors (Lipinski definition) is 1. The highest BCUT2D eigenvalue weighted by atomic mass is 16.3. The van der Waals surface area contributed by atoms with Crippen LogP contribution in [0.2, 0.25) is 0 Å². The molecule has 1 aliphatic rings. The summed E-state index contributed by atoms with van der Waals surface area (Å²) < 4.78 is 0. The molecule has 1 nitrogen and oxygen atoms in total. The van der Waals surface area contributed by atoms with Crippen LogP contribution >= 0.6 is 0 Å². The van der Waals surface area contributed by atoms with Crippen molar-refractivity contribution >= 4 is 0 Å². The molecule has 0 saturated heterocycles. The molecular weight excluding hydrogens is 184 g/mol. The molecule has 15 heavy (non-hydrogen) atoms. The second-order valence-corrected chi connectivity index (χ2v) is 6.34. The topological polar surface area (TPSA) is 20.2 Å². The average molecular weight is 207 g/mol. The van der Waals surface area contributed by atoms with Gasteiger partial charge in [0.2, 0.25) is 0 Å². The third-order valence-corrected chi connectivity index (χ3v) is 2.87. The molecule has 1 rings (SSSR count). The standard InChI is InChI=1S/C14H23O/c1-13(2,3)10-8-7-9-11(12(10)15)14(4,5)6/h7-9,12,15H,1-6H3. The predicted molar refractivity (Wildman–Crippen MR) is 65.4 cm³/mol. The van der Waals surface area contributed by atoms with Crippen LogP contribution in [0.5, 0.6) is 0 Å². The Kier molecular flexibility index (Phi) is 3.16. The molecule has 1 heteroatoms. The molecule has 0 amide bonds. The number of allylic oxidation sites excluding steroid dienone is 2. The van der Waals surface area contributed by atoms with Gasteiger partial charge in [0.15, 0.2) is 0 Å². The monoisotopic (exact) mass is 207 g/mol. The summed E-state index contributed by atoms with van der Waals surface area (Å²) >= 11 is 0. The molecule has 0 aliphatic heterocycles. The van der Waals surface area contributed by atoms with Crippen LogP contribution in [-0.2, 0) is 0 Å². The summed E-state index contributed by atoms with van der Waals surface area (Å²) in [5.74, 6) is 1.11. The maximum Gasteiger partial charge on any atom is 0.0863 e. The van der Waals surface area contributed by atoms with Gasteiger partial charge in [-0.2, -0.15) is 0 Å². The molecule has 0 heterocycles. The Balaban J connectivity index is 2.99. The van der Waals surface area contributed by atoms with E-state index < -0.39 is 6.10 Å². The van der Waals surface area contributed by atoms with E-state index in [9.17, 15) is 5.11 Å². The molecule has 0 aromatic carbocycles. The van der Waals surface area contributed by atoms with E-state index in [1.54, 1.807) is 0 Å². The Bertz CT molecular complexity index is 283. The molecule has 1 atom stereocenters. The van der Waals surface area contributed by atoms with Crippen molar-refractivity contribution in [1.82, 2.24) is 0 Å². The molecule has 85 valence electrons. The van der Waals surface area contributed by atoms with Gasteiger partial charge in [-0.1, -0.05) is 59.8 Å². The van der Waals surface area contributed by atoms with Crippen LogP contribution in [0.25, 0.3) is 0 Å². The second kappa shape index (κ2) is 3.79. The number of hydrogen-bond acceptors (Lipinski definition) is 1. The molecule has 0 fully saturated rings. The summed E-state index contributed by atoms with van der Waals surface area (Å²) in [6, 6.07) is 0. The summed E-state index contributed by atoms with van der Waals surface area (Å²) in [6.07, 6.45) is 5.71. The fraction of sp³-hybridized carbons (Fsp3) is 0.643. The second-order valence-electron chi connectivity index (χ2n) is 6.34. The molecule has 0 spiro atoms. The lowest BCUT2D eigenvalue weighted by Gasteiger charge is -2.38. The van der Waals surface area contributed by atoms with Gasteiger partial charge in [0.1, 0.15) is 0 Å². The van der Waals surface area contributed by atoms with Gasteiger partial charge in [-0.3, -0.25) is 0 Å². The first-order valence-electron chi connectivity index (χ1n) is 5.58. The molecular formula is C14H23O. The number of aliphatic hydroxyl groups is 1. The van der Waals surface area contributed by atoms with Crippen molar-refractivity contribution in [2.24, 2.45) is 10.8 Å². The fourth-order valence-electron chi connectivity index (χ4n) is 1.93. The van der Waals surface area contributed by atoms with Crippen LogP contribution in [-0.4, -0.2) is 11.2 Å². The molecule has 1 N–H and O–H groups in total. The lowest BCUT2D eigenvalue weighted by Crippen LogP contribution is -2.35. The van der Waals surface area contributed by atoms with Gasteiger partial charge in [-0.15, -0.1) is 0 Å². The van der Waals surface area contributed by atoms with Crippen molar-refractivity contribution in [3.8, 4) is 0 Å². The average Bonchev–Trinajstić information content (AvgIpc) is 1.99. The van der Waals surface area contributed by atoms with E-state index in [0.29, 0.717) is 0 Å². The summed E-state index contributed by atoms with van der Waals surface area (Å²) in [7, 11) is 0. The predicted octanol–water partition coefficient (Wildman–Crippen LogP) is 3.51. The van der Waals surface area contributed by atoms with Gasteiger partial charge in [0, 0.05) is 5.92 Å². The number of rotatable bonds is 0. The zero-order valence-electron chi connectivity index (χ0n) is 10.8. The quantitative estimate of drug-likeness (QED) is 0.644. The zero-order chi connectivity index (χ0) is 11.9. The van der Waals surface area contributed by atoms with Crippen molar-refractivity contribution in [2.45, 2.75) is 47.6 Å². The first-order valence-corrected chi connectivity index (χ1v) is 5.58. The maximum atomic E-state index is 10.3. The lowest BCUT2D eigenvalue weighted by molar-refractivity contribution is 0.168. The smallest absolute Gasteiger partial charge is 0.0863 e. The van der Waals surface area contributed by atoms with Gasteiger partial charge in [-0.05, 0) is 16.4 Å². The highest BCUT2D eigenvalue weighted by Gasteiger charge is 2.36. The van der Waals surface area contributed by atoms with E-state index in [1.165, 1.54) is 0 Å². The third kappa shape index (κ3) is 2.72. The van der Waals surface area contributed by atoms with Crippen LogP contribution in [0.4, 0.5) is 0 Å². The Labute approximate surface area is 93.9 Å². The van der Waals surface area contributed by atoms with Crippen molar-refractivity contribution in [1.29, 1.82) is 0 Å². The highest BCUT2D eigenvalue weighted by molar-refractivity contribution is 5.39. The first-order chi connectivity index (χ1) is 6.64. The summed E-state index contributed by atoms with van der Waals surface area (Å²) in [5, 5.41) is 10.3. The largest absolute Gasteiger partial charge is 0.388 e. The fourth-order valence-corrected chi connectivity index (χ4v) is 1.93. The zero-order valence-corrected chi connectivity index (χ0v) is 10.8. The molecule has 0 aromatic heterocycles. The first kappa shape index (κ1) is 12.5. The van der Waals surface area contributed by atoms with Crippen LogP contribution in [0.3, 0.4) is 0 Å². The van der Waals surface area contributed by atoms with Crippen LogP contribution in [0.15, 0.2) is 23.8 Å².